The topological polar surface area (TPSA) is 32.3 Å². The fourth-order valence-electron chi connectivity index (χ4n) is 1.89. The van der Waals surface area contributed by atoms with Crippen molar-refractivity contribution in [3.05, 3.63) is 29.8 Å². The first-order chi connectivity index (χ1) is 8.00. The molecule has 1 N–H and O–H groups in total. The minimum absolute atomic E-state index is 0.0360. The van der Waals surface area contributed by atoms with Crippen molar-refractivity contribution in [1.29, 1.82) is 0 Å². The van der Waals surface area contributed by atoms with Gasteiger partial charge in [0.1, 0.15) is 6.04 Å². The highest BCUT2D eigenvalue weighted by Crippen LogP contribution is 2.22. The number of nitrogens with zero attached hydrogens (tertiary/aromatic N) is 1. The summed E-state index contributed by atoms with van der Waals surface area (Å²) in [5, 5.41) is 3.57. The van der Waals surface area contributed by atoms with Crippen LogP contribution in [0.5, 0.6) is 0 Å². The highest BCUT2D eigenvalue weighted by molar-refractivity contribution is 7.80. The quantitative estimate of drug-likeness (QED) is 0.815. The maximum Gasteiger partial charge on any atom is 0.256 e. The molecule has 3 nitrogen and oxygen atoms in total. The summed E-state index contributed by atoms with van der Waals surface area (Å²) in [5.41, 5.74) is 2.00. The van der Waals surface area contributed by atoms with E-state index in [1.165, 1.54) is 5.56 Å². The van der Waals surface area contributed by atoms with E-state index in [1.807, 2.05) is 45.0 Å². The third-order valence-corrected chi connectivity index (χ3v) is 3.23. The standard InChI is InChI=1S/C13H16N2OS/c1-8(2)11-12(16)15(13(17)14-11)10-6-4-9(3)5-7-10/h4-8,11H,1-3H3,(H,14,17)/t11-/m1/s1. The van der Waals surface area contributed by atoms with E-state index >= 15 is 0 Å². The van der Waals surface area contributed by atoms with Crippen molar-refractivity contribution in [2.75, 3.05) is 4.90 Å². The molecule has 0 spiro atoms. The summed E-state index contributed by atoms with van der Waals surface area (Å²) < 4.78 is 0. The summed E-state index contributed by atoms with van der Waals surface area (Å²) in [4.78, 5) is 13.8. The summed E-state index contributed by atoms with van der Waals surface area (Å²) in [6, 6.07) is 7.60. The number of benzene rings is 1. The Morgan fingerprint density at radius 3 is 2.35 bits per heavy atom. The van der Waals surface area contributed by atoms with Crippen LogP contribution in [0.2, 0.25) is 0 Å². The van der Waals surface area contributed by atoms with Crippen LogP contribution in [0.15, 0.2) is 24.3 Å². The molecule has 1 heterocycles. The smallest absolute Gasteiger partial charge is 0.256 e. The SMILES string of the molecule is Cc1ccc(N2C(=O)[C@@H](C(C)C)NC2=S)cc1. The fourth-order valence-corrected chi connectivity index (χ4v) is 2.21. The molecule has 0 bridgehead atoms. The van der Waals surface area contributed by atoms with Gasteiger partial charge >= 0.3 is 0 Å². The second-order valence-corrected chi connectivity index (χ2v) is 5.07. The Hall–Kier alpha value is -1.42. The van der Waals surface area contributed by atoms with Gasteiger partial charge in [-0.25, -0.2) is 0 Å². The molecule has 1 aliphatic heterocycles. The number of carbonyl (C=O) groups excluding carboxylic acids is 1. The number of anilines is 1. The van der Waals surface area contributed by atoms with Crippen LogP contribution in [-0.4, -0.2) is 17.1 Å². The highest BCUT2D eigenvalue weighted by Gasteiger charge is 2.37. The average molecular weight is 248 g/mol. The third-order valence-electron chi connectivity index (χ3n) is 2.93. The monoisotopic (exact) mass is 248 g/mol. The Morgan fingerprint density at radius 1 is 1.29 bits per heavy atom. The van der Waals surface area contributed by atoms with Crippen LogP contribution in [0, 0.1) is 12.8 Å². The molecular weight excluding hydrogens is 232 g/mol. The highest BCUT2D eigenvalue weighted by atomic mass is 32.1. The van der Waals surface area contributed by atoms with Crippen LogP contribution < -0.4 is 10.2 Å². The predicted octanol–water partition coefficient (Wildman–Crippen LogP) is 2.24. The molecule has 1 aliphatic rings. The van der Waals surface area contributed by atoms with Crippen molar-refractivity contribution in [1.82, 2.24) is 5.32 Å². The molecule has 0 radical (unpaired) electrons. The molecule has 1 aromatic carbocycles. The van der Waals surface area contributed by atoms with Gasteiger partial charge in [-0.2, -0.15) is 0 Å². The van der Waals surface area contributed by atoms with Crippen molar-refractivity contribution >= 4 is 28.9 Å². The summed E-state index contributed by atoms with van der Waals surface area (Å²) >= 11 is 5.22. The lowest BCUT2D eigenvalue weighted by atomic mass is 10.0. The van der Waals surface area contributed by atoms with Gasteiger partial charge in [-0.3, -0.25) is 9.69 Å². The summed E-state index contributed by atoms with van der Waals surface area (Å²) in [7, 11) is 0. The van der Waals surface area contributed by atoms with Gasteiger partial charge in [-0.15, -0.1) is 0 Å². The van der Waals surface area contributed by atoms with E-state index in [0.29, 0.717) is 5.11 Å². The van der Waals surface area contributed by atoms with Gasteiger partial charge in [-0.1, -0.05) is 31.5 Å². The summed E-state index contributed by atoms with van der Waals surface area (Å²) in [6.45, 7) is 6.04. The van der Waals surface area contributed by atoms with Gasteiger partial charge in [0.05, 0.1) is 5.69 Å². The van der Waals surface area contributed by atoms with E-state index in [1.54, 1.807) is 4.90 Å². The molecule has 2 rings (SSSR count). The molecule has 0 unspecified atom stereocenters. The summed E-state index contributed by atoms with van der Waals surface area (Å²) in [6.07, 6.45) is 0. The zero-order valence-corrected chi connectivity index (χ0v) is 11.0. The number of amides is 1. The molecule has 1 aromatic rings. The van der Waals surface area contributed by atoms with E-state index in [0.717, 1.165) is 5.69 Å². The van der Waals surface area contributed by atoms with Crippen molar-refractivity contribution in [3.63, 3.8) is 0 Å². The van der Waals surface area contributed by atoms with Gasteiger partial charge in [0.2, 0.25) is 0 Å². The predicted molar refractivity (Wildman–Crippen MR) is 73.0 cm³/mol. The van der Waals surface area contributed by atoms with E-state index in [4.69, 9.17) is 12.2 Å². The molecule has 0 aliphatic carbocycles. The first kappa shape index (κ1) is 12.0. The molecule has 1 fully saturated rings. The van der Waals surface area contributed by atoms with Crippen LogP contribution in [-0.2, 0) is 4.79 Å². The lowest BCUT2D eigenvalue weighted by Gasteiger charge is -2.15. The van der Waals surface area contributed by atoms with Crippen molar-refractivity contribution in [2.24, 2.45) is 5.92 Å². The van der Waals surface area contributed by atoms with Gasteiger partial charge < -0.3 is 5.32 Å². The van der Waals surface area contributed by atoms with Crippen LogP contribution in [0.4, 0.5) is 5.69 Å². The lowest BCUT2D eigenvalue weighted by molar-refractivity contribution is -0.119. The number of thiocarbonyl (C=S) groups is 1. The Morgan fingerprint density at radius 2 is 1.88 bits per heavy atom. The largest absolute Gasteiger partial charge is 0.350 e. The van der Waals surface area contributed by atoms with Crippen molar-refractivity contribution in [2.45, 2.75) is 26.8 Å². The first-order valence-electron chi connectivity index (χ1n) is 5.72. The van der Waals surface area contributed by atoms with E-state index in [2.05, 4.69) is 5.32 Å². The van der Waals surface area contributed by atoms with Crippen LogP contribution in [0.1, 0.15) is 19.4 Å². The van der Waals surface area contributed by atoms with Gasteiger partial charge in [0.25, 0.3) is 5.91 Å². The average Bonchev–Trinajstić information content (AvgIpc) is 2.56. The zero-order valence-electron chi connectivity index (χ0n) is 10.2. The van der Waals surface area contributed by atoms with Crippen molar-refractivity contribution in [3.8, 4) is 0 Å². The zero-order chi connectivity index (χ0) is 12.6. The van der Waals surface area contributed by atoms with Gasteiger partial charge in [-0.05, 0) is 37.2 Å². The molecule has 1 saturated heterocycles. The van der Waals surface area contributed by atoms with Crippen LogP contribution in [0.3, 0.4) is 0 Å². The second kappa shape index (κ2) is 4.45. The number of hydrogen-bond acceptors (Lipinski definition) is 2. The Labute approximate surface area is 107 Å². The van der Waals surface area contributed by atoms with Crippen molar-refractivity contribution < 1.29 is 4.79 Å². The van der Waals surface area contributed by atoms with Crippen LogP contribution >= 0.6 is 12.2 Å². The number of nitrogens with one attached hydrogen (secondary N) is 1. The number of carbonyl (C=O) groups is 1. The normalized spacial score (nSPS) is 20.0. The molecule has 0 saturated carbocycles. The molecule has 90 valence electrons. The van der Waals surface area contributed by atoms with E-state index in [9.17, 15) is 4.79 Å². The van der Waals surface area contributed by atoms with E-state index < -0.39 is 0 Å². The molecule has 1 amide bonds. The van der Waals surface area contributed by atoms with E-state index in [-0.39, 0.29) is 17.9 Å². The second-order valence-electron chi connectivity index (χ2n) is 4.68. The Kier molecular flexibility index (Phi) is 3.15. The molecule has 1 atom stereocenters. The lowest BCUT2D eigenvalue weighted by Crippen LogP contribution is -2.34. The number of hydrogen-bond donors (Lipinski definition) is 1. The minimum atomic E-state index is -0.205. The fraction of sp³-hybridized carbons (Fsp3) is 0.385. The molecule has 0 aromatic heterocycles. The van der Waals surface area contributed by atoms with Gasteiger partial charge in [0.15, 0.2) is 5.11 Å². The Balaban J connectivity index is 2.30. The van der Waals surface area contributed by atoms with Gasteiger partial charge in [0, 0.05) is 0 Å². The number of rotatable bonds is 2. The minimum Gasteiger partial charge on any atom is -0.350 e. The molecule has 4 heteroatoms. The first-order valence-corrected chi connectivity index (χ1v) is 6.12. The maximum absolute atomic E-state index is 12.2. The maximum atomic E-state index is 12.2. The Bertz CT molecular complexity index is 453. The molecular formula is C13H16N2OS. The third kappa shape index (κ3) is 2.17. The summed E-state index contributed by atoms with van der Waals surface area (Å²) in [5.74, 6) is 0.268. The number of aryl methyl sites for hydroxylation is 1. The molecule has 17 heavy (non-hydrogen) atoms. The van der Waals surface area contributed by atoms with Crippen LogP contribution in [0.25, 0.3) is 0 Å².